The summed E-state index contributed by atoms with van der Waals surface area (Å²) in [7, 11) is 0. The van der Waals surface area contributed by atoms with Gasteiger partial charge in [0.15, 0.2) is 0 Å². The highest BCUT2D eigenvalue weighted by Crippen LogP contribution is 2.30. The van der Waals surface area contributed by atoms with E-state index in [-0.39, 0.29) is 12.1 Å². The second-order valence-electron chi connectivity index (χ2n) is 9.70. The summed E-state index contributed by atoms with van der Waals surface area (Å²) in [5, 5.41) is 27.3. The summed E-state index contributed by atoms with van der Waals surface area (Å²) in [6, 6.07) is 27.7. The lowest BCUT2D eigenvalue weighted by Crippen LogP contribution is -2.28. The Morgan fingerprint density at radius 1 is 0.897 bits per heavy atom. The smallest absolute Gasteiger partial charge is 0.150 e. The van der Waals surface area contributed by atoms with Crippen molar-refractivity contribution in [2.75, 3.05) is 10.6 Å². The maximum atomic E-state index is 9.84. The van der Waals surface area contributed by atoms with E-state index in [1.165, 1.54) is 0 Å². The Bertz CT molecular complexity index is 1620. The molecule has 3 N–H and O–H groups in total. The molecule has 39 heavy (non-hydrogen) atoms. The van der Waals surface area contributed by atoms with E-state index in [1.54, 1.807) is 6.33 Å². The number of aliphatic hydroxyl groups excluding tert-OH is 1. The van der Waals surface area contributed by atoms with Gasteiger partial charge in [0.1, 0.15) is 35.4 Å². The van der Waals surface area contributed by atoms with Crippen LogP contribution in [0.25, 0.3) is 16.7 Å². The Labute approximate surface area is 226 Å². The molecule has 2 heterocycles. The van der Waals surface area contributed by atoms with Crippen LogP contribution < -0.4 is 15.4 Å². The summed E-state index contributed by atoms with van der Waals surface area (Å²) in [5.41, 5.74) is 3.93. The largest absolute Gasteiger partial charge is 0.457 e. The Morgan fingerprint density at radius 2 is 1.67 bits per heavy atom. The quantitative estimate of drug-likeness (QED) is 0.225. The fourth-order valence-electron chi connectivity index (χ4n) is 4.97. The van der Waals surface area contributed by atoms with Crippen LogP contribution in [0.3, 0.4) is 0 Å². The molecule has 1 aliphatic rings. The Hall–Kier alpha value is -4.87. The van der Waals surface area contributed by atoms with E-state index < -0.39 is 0 Å². The number of nitriles is 1. The maximum absolute atomic E-state index is 9.84. The molecule has 6 rings (SSSR count). The van der Waals surface area contributed by atoms with Gasteiger partial charge >= 0.3 is 0 Å². The SMILES string of the molecule is N#Cc1ccc(-n2ccc3c(Nc4ccc(Oc5ccccc5)cc4)ncnc32)cc1NC1CCC(O)CC1. The van der Waals surface area contributed by atoms with Crippen LogP contribution in [0.4, 0.5) is 17.2 Å². The van der Waals surface area contributed by atoms with Crippen molar-refractivity contribution in [3.05, 3.63) is 97.0 Å². The molecular formula is C31H28N6O2. The highest BCUT2D eigenvalue weighted by Gasteiger charge is 2.20. The number of rotatable bonds is 7. The molecule has 1 saturated carbocycles. The molecule has 0 atom stereocenters. The molecular weight excluding hydrogens is 488 g/mol. The Morgan fingerprint density at radius 3 is 2.44 bits per heavy atom. The summed E-state index contributed by atoms with van der Waals surface area (Å²) in [6.07, 6.45) is 6.59. The number of hydrogen-bond donors (Lipinski definition) is 3. The number of ether oxygens (including phenoxy) is 1. The van der Waals surface area contributed by atoms with Crippen molar-refractivity contribution in [2.24, 2.45) is 0 Å². The van der Waals surface area contributed by atoms with Gasteiger partial charge in [-0.1, -0.05) is 18.2 Å². The molecule has 2 aromatic heterocycles. The van der Waals surface area contributed by atoms with Gasteiger partial charge in [-0.2, -0.15) is 5.26 Å². The van der Waals surface area contributed by atoms with Gasteiger partial charge < -0.3 is 25.0 Å². The fraction of sp³-hybridized carbons (Fsp3) is 0.194. The first kappa shape index (κ1) is 24.5. The van der Waals surface area contributed by atoms with Crippen LogP contribution in [0.15, 0.2) is 91.4 Å². The molecule has 0 radical (unpaired) electrons. The first-order valence-corrected chi connectivity index (χ1v) is 13.1. The van der Waals surface area contributed by atoms with Crippen LogP contribution in [-0.4, -0.2) is 31.8 Å². The maximum Gasteiger partial charge on any atom is 0.150 e. The molecule has 0 amide bonds. The molecule has 1 fully saturated rings. The second kappa shape index (κ2) is 10.9. The molecule has 194 valence electrons. The van der Waals surface area contributed by atoms with Crippen molar-refractivity contribution in [3.8, 4) is 23.3 Å². The van der Waals surface area contributed by atoms with Crippen molar-refractivity contribution < 1.29 is 9.84 Å². The number of anilines is 3. The highest BCUT2D eigenvalue weighted by atomic mass is 16.5. The van der Waals surface area contributed by atoms with Gasteiger partial charge in [0.25, 0.3) is 0 Å². The number of fused-ring (bicyclic) bond motifs is 1. The van der Waals surface area contributed by atoms with Gasteiger partial charge in [0, 0.05) is 23.6 Å². The number of aromatic nitrogens is 3. The monoisotopic (exact) mass is 516 g/mol. The second-order valence-corrected chi connectivity index (χ2v) is 9.70. The van der Waals surface area contributed by atoms with Crippen LogP contribution in [0.2, 0.25) is 0 Å². The van der Waals surface area contributed by atoms with Crippen molar-refractivity contribution >= 4 is 28.2 Å². The summed E-state index contributed by atoms with van der Waals surface area (Å²) < 4.78 is 7.89. The van der Waals surface area contributed by atoms with E-state index in [2.05, 4.69) is 26.7 Å². The minimum atomic E-state index is -0.223. The van der Waals surface area contributed by atoms with E-state index in [0.717, 1.165) is 65.3 Å². The highest BCUT2D eigenvalue weighted by molar-refractivity contribution is 5.90. The molecule has 0 bridgehead atoms. The van der Waals surface area contributed by atoms with Crippen LogP contribution in [-0.2, 0) is 0 Å². The number of nitrogens with zero attached hydrogens (tertiary/aromatic N) is 4. The van der Waals surface area contributed by atoms with Gasteiger partial charge in [-0.05, 0) is 86.3 Å². The van der Waals surface area contributed by atoms with Crippen LogP contribution >= 0.6 is 0 Å². The van der Waals surface area contributed by atoms with E-state index in [0.29, 0.717) is 11.4 Å². The van der Waals surface area contributed by atoms with Crippen LogP contribution in [0.5, 0.6) is 11.5 Å². The van der Waals surface area contributed by atoms with Crippen LogP contribution in [0.1, 0.15) is 31.2 Å². The van der Waals surface area contributed by atoms with E-state index in [4.69, 9.17) is 4.74 Å². The zero-order valence-electron chi connectivity index (χ0n) is 21.3. The zero-order valence-corrected chi connectivity index (χ0v) is 21.3. The van der Waals surface area contributed by atoms with Crippen molar-refractivity contribution in [3.63, 3.8) is 0 Å². The first-order chi connectivity index (χ1) is 19.2. The third-order valence-corrected chi connectivity index (χ3v) is 7.04. The van der Waals surface area contributed by atoms with Gasteiger partial charge in [0.2, 0.25) is 0 Å². The Balaban J connectivity index is 1.23. The lowest BCUT2D eigenvalue weighted by atomic mass is 9.93. The lowest BCUT2D eigenvalue weighted by molar-refractivity contribution is 0.126. The minimum absolute atomic E-state index is 0.223. The summed E-state index contributed by atoms with van der Waals surface area (Å²) >= 11 is 0. The molecule has 0 saturated heterocycles. The van der Waals surface area contributed by atoms with Gasteiger partial charge in [0.05, 0.1) is 22.7 Å². The van der Waals surface area contributed by atoms with E-state index in [9.17, 15) is 10.4 Å². The summed E-state index contributed by atoms with van der Waals surface area (Å²) in [5.74, 6) is 2.24. The zero-order chi connectivity index (χ0) is 26.6. The standard InChI is InChI=1S/C31H28N6O2/c32-19-21-6-11-24(18-29(21)35-22-7-12-25(38)13-8-22)37-17-16-28-30(33-20-34-31(28)37)36-23-9-14-27(15-10-23)39-26-4-2-1-3-5-26/h1-6,9-11,14-18,20,22,25,35,38H,7-8,12-13H2,(H,33,34,36). The molecule has 1 aliphatic carbocycles. The summed E-state index contributed by atoms with van der Waals surface area (Å²) in [4.78, 5) is 9.04. The van der Waals surface area contributed by atoms with Crippen LogP contribution in [0, 0.1) is 11.3 Å². The summed E-state index contributed by atoms with van der Waals surface area (Å²) in [6.45, 7) is 0. The molecule has 8 heteroatoms. The van der Waals surface area contributed by atoms with Crippen molar-refractivity contribution in [2.45, 2.75) is 37.8 Å². The molecule has 3 aromatic carbocycles. The third kappa shape index (κ3) is 5.40. The molecule has 0 unspecified atom stereocenters. The number of nitrogens with one attached hydrogen (secondary N) is 2. The fourth-order valence-corrected chi connectivity index (χ4v) is 4.97. The molecule has 5 aromatic rings. The third-order valence-electron chi connectivity index (χ3n) is 7.04. The Kier molecular flexibility index (Phi) is 6.81. The topological polar surface area (TPSA) is 108 Å². The average Bonchev–Trinajstić information content (AvgIpc) is 3.41. The average molecular weight is 517 g/mol. The lowest BCUT2D eigenvalue weighted by Gasteiger charge is -2.27. The number of para-hydroxylation sites is 1. The molecule has 8 nitrogen and oxygen atoms in total. The van der Waals surface area contributed by atoms with Crippen molar-refractivity contribution in [1.29, 1.82) is 5.26 Å². The molecule has 0 aliphatic heterocycles. The number of aliphatic hydroxyl groups is 1. The minimum Gasteiger partial charge on any atom is -0.457 e. The van der Waals surface area contributed by atoms with E-state index in [1.807, 2.05) is 89.6 Å². The van der Waals surface area contributed by atoms with Gasteiger partial charge in [-0.25, -0.2) is 9.97 Å². The van der Waals surface area contributed by atoms with E-state index >= 15 is 0 Å². The number of hydrogen-bond acceptors (Lipinski definition) is 7. The first-order valence-electron chi connectivity index (χ1n) is 13.1. The van der Waals surface area contributed by atoms with Crippen molar-refractivity contribution in [1.82, 2.24) is 14.5 Å². The predicted molar refractivity (Wildman–Crippen MR) is 152 cm³/mol. The van der Waals surface area contributed by atoms with Gasteiger partial charge in [-0.15, -0.1) is 0 Å². The number of benzene rings is 3. The predicted octanol–water partition coefficient (Wildman–Crippen LogP) is 6.54. The van der Waals surface area contributed by atoms with Gasteiger partial charge in [-0.3, -0.25) is 0 Å². The molecule has 0 spiro atoms. The normalized spacial score (nSPS) is 16.9.